The third kappa shape index (κ3) is 17.9. The van der Waals surface area contributed by atoms with Crippen LogP contribution in [0.3, 0.4) is 0 Å². The molecule has 1 fully saturated rings. The van der Waals surface area contributed by atoms with Crippen molar-refractivity contribution in [2.75, 3.05) is 6.61 Å². The van der Waals surface area contributed by atoms with Crippen molar-refractivity contribution in [3.63, 3.8) is 0 Å². The number of ketones is 2. The van der Waals surface area contributed by atoms with E-state index in [1.807, 2.05) is 61.5 Å². The minimum Gasteiger partial charge on any atom is -0.492 e. The Kier molecular flexibility index (Phi) is 24.2. The van der Waals surface area contributed by atoms with Crippen molar-refractivity contribution in [3.05, 3.63) is 286 Å². The van der Waals surface area contributed by atoms with Gasteiger partial charge in [-0.3, -0.25) is 14.4 Å². The second-order valence-electron chi connectivity index (χ2n) is 28.6. The Morgan fingerprint density at radius 1 is 0.526 bits per heavy atom. The van der Waals surface area contributed by atoms with Crippen molar-refractivity contribution in [2.45, 2.75) is 130 Å². The number of hydrogen-bond donors (Lipinski definition) is 0. The van der Waals surface area contributed by atoms with Gasteiger partial charge in [0.15, 0.2) is 23.1 Å². The number of nitrogens with zero attached hydrogens (tertiary/aromatic N) is 6. The average molecular weight is 1530 g/mol. The van der Waals surface area contributed by atoms with Crippen LogP contribution in [-0.4, -0.2) is 35.3 Å². The van der Waals surface area contributed by atoms with Crippen molar-refractivity contribution in [2.24, 2.45) is 11.8 Å². The molecule has 0 spiro atoms. The van der Waals surface area contributed by atoms with E-state index in [-0.39, 0.29) is 69.3 Å². The molecule has 0 radical (unpaired) electrons. The molecular formula is C96H70N6O14. The molecule has 0 saturated heterocycles. The van der Waals surface area contributed by atoms with E-state index in [9.17, 15) is 54.6 Å². The number of aryl methyl sites for hydroxylation is 1. The molecule has 0 amide bonds. The summed E-state index contributed by atoms with van der Waals surface area (Å²) in [7, 11) is 0. The normalized spacial score (nSPS) is 18.7. The van der Waals surface area contributed by atoms with Gasteiger partial charge < -0.3 is 31.9 Å². The van der Waals surface area contributed by atoms with Crippen LogP contribution in [0.4, 0.5) is 0 Å². The van der Waals surface area contributed by atoms with E-state index < -0.39 is 33.7 Å². The molecule has 15 rings (SSSR count). The van der Waals surface area contributed by atoms with Gasteiger partial charge in [0.2, 0.25) is 0 Å². The highest BCUT2D eigenvalue weighted by Crippen LogP contribution is 2.58. The molecule has 2 aliphatic heterocycles. The predicted molar refractivity (Wildman–Crippen MR) is 439 cm³/mol. The maximum absolute atomic E-state index is 12.6. The molecule has 1 saturated carbocycles. The molecule has 8 aromatic rings. The van der Waals surface area contributed by atoms with Crippen LogP contribution in [0.1, 0.15) is 179 Å². The molecule has 4 aromatic heterocycles. The van der Waals surface area contributed by atoms with Crippen LogP contribution in [0.2, 0.25) is 0 Å². The van der Waals surface area contributed by atoms with Gasteiger partial charge in [0.25, 0.3) is 0 Å². The second-order valence-corrected chi connectivity index (χ2v) is 28.6. The molecule has 116 heavy (non-hydrogen) atoms. The van der Waals surface area contributed by atoms with Crippen LogP contribution in [0, 0.1) is 118 Å². The molecular weight excluding hydrogens is 1460 g/mol. The fourth-order valence-corrected chi connectivity index (χ4v) is 14.0. The van der Waals surface area contributed by atoms with E-state index in [1.54, 1.807) is 107 Å². The van der Waals surface area contributed by atoms with Crippen LogP contribution in [0.15, 0.2) is 191 Å². The first-order chi connectivity index (χ1) is 55.9. The second kappa shape index (κ2) is 35.0. The lowest BCUT2D eigenvalue weighted by atomic mass is 9.94. The zero-order valence-electron chi connectivity index (χ0n) is 64.3. The van der Waals surface area contributed by atoms with E-state index in [1.165, 1.54) is 38.2 Å². The zero-order valence-corrected chi connectivity index (χ0v) is 64.3. The lowest BCUT2D eigenvalue weighted by Crippen LogP contribution is -2.20. The predicted octanol–water partition coefficient (Wildman–Crippen LogP) is 17.4. The summed E-state index contributed by atoms with van der Waals surface area (Å²) in [5, 5.41) is 40.8. The smallest absolute Gasteiger partial charge is 0.343 e. The monoisotopic (exact) mass is 1530 g/mol. The van der Waals surface area contributed by atoms with Gasteiger partial charge in [0.1, 0.15) is 45.7 Å². The number of carbonyl (C=O) groups is 3. The highest BCUT2D eigenvalue weighted by molar-refractivity contribution is 5.94. The van der Waals surface area contributed by atoms with E-state index >= 15 is 0 Å². The molecule has 20 heteroatoms. The Bertz CT molecular complexity index is 6720. The van der Waals surface area contributed by atoms with Gasteiger partial charge in [-0.05, 0) is 224 Å². The lowest BCUT2D eigenvalue weighted by molar-refractivity contribution is -0.145. The summed E-state index contributed by atoms with van der Waals surface area (Å²) in [6.45, 7) is 26.3. The topological polar surface area (TPSA) is 304 Å². The van der Waals surface area contributed by atoms with Crippen LogP contribution < -0.4 is 22.5 Å². The summed E-state index contributed by atoms with van der Waals surface area (Å²) in [4.78, 5) is 90.3. The molecule has 0 bridgehead atoms. The van der Waals surface area contributed by atoms with E-state index in [0.29, 0.717) is 62.3 Å². The Hall–Kier alpha value is -15.3. The first-order valence-electron chi connectivity index (χ1n) is 37.3. The first kappa shape index (κ1) is 80.2. The van der Waals surface area contributed by atoms with Crippen molar-refractivity contribution < 1.29 is 46.3 Å². The zero-order chi connectivity index (χ0) is 82.5. The quantitative estimate of drug-likeness (QED) is 0.0307. The summed E-state index contributed by atoms with van der Waals surface area (Å²) in [6, 6.07) is 29.6. The minimum atomic E-state index is -0.958. The number of carbonyl (C=O) groups excluding carboxylic acids is 3. The van der Waals surface area contributed by atoms with Crippen molar-refractivity contribution in [3.8, 4) is 71.6 Å². The number of fused-ring (bicyclic) bond motifs is 10. The number of benzene rings is 4. The van der Waals surface area contributed by atoms with E-state index in [2.05, 4.69) is 69.2 Å². The van der Waals surface area contributed by atoms with Gasteiger partial charge in [-0.1, -0.05) is 83.8 Å². The Morgan fingerprint density at radius 3 is 1.39 bits per heavy atom. The first-order valence-corrected chi connectivity index (χ1v) is 37.3. The molecule has 5 aliphatic carbocycles. The van der Waals surface area contributed by atoms with Crippen LogP contribution in [0.5, 0.6) is 0 Å². The van der Waals surface area contributed by atoms with E-state index in [0.717, 1.165) is 130 Å². The fourth-order valence-electron chi connectivity index (χ4n) is 14.0. The molecule has 7 aliphatic rings. The summed E-state index contributed by atoms with van der Waals surface area (Å²) in [5.74, 6) is 24.7. The number of hydrogen-bond acceptors (Lipinski definition) is 18. The molecule has 3 unspecified atom stereocenters. The average Bonchev–Trinajstić information content (AvgIpc) is 1.57. The number of rotatable bonds is 10. The van der Waals surface area contributed by atoms with Crippen molar-refractivity contribution in [1.82, 2.24) is 0 Å². The standard InChI is InChI=1S/C27H19N3O3.C27H17N3O3.C23H20O5.C19H14O3/c2*1-27(2)22(21(15-28)25(33-27)23(16-29)30-3)11-10-19-13-20-12-17-8-6-4-5-7-9-18(17)14-24(20)32-26(19)31;1-3-27-23(26)21-17-7-5-4-6-14-12-19-16(11-18(14)20(17)21)10-15(22(25)28-19)9-8-13(2)24;1-13(20)8-9-16-11-17-10-14-6-4-2-3-5-7-15(14)12-18(17)22-19(16)21/h10-14H,4-6,8H2,1-2H3;6,8,10-14H,4-5H2,1-2H3;8-12,17,20-21H,3,5,7H2,1-2H3;4,6,8-12H,2-3H2,1H3/b11-10+,25-23-;8-6-,11-10+,25-23-;9-8+;6-4-,9-8+. The maximum atomic E-state index is 12.6. The summed E-state index contributed by atoms with van der Waals surface area (Å²) in [5.41, 5.74) is 7.30. The van der Waals surface area contributed by atoms with Crippen LogP contribution in [0.25, 0.3) is 90.0 Å². The number of esters is 1. The fraction of sp³-hybridized carbons (Fsp3) is 0.240. The third-order valence-corrected chi connectivity index (χ3v) is 19.8. The summed E-state index contributed by atoms with van der Waals surface area (Å²) >= 11 is 0. The van der Waals surface area contributed by atoms with Crippen LogP contribution in [-0.2, 0) is 35.0 Å². The summed E-state index contributed by atoms with van der Waals surface area (Å²) in [6.07, 6.45) is 29.1. The maximum Gasteiger partial charge on any atom is 0.343 e. The van der Waals surface area contributed by atoms with Crippen molar-refractivity contribution >= 4 is 97.9 Å². The largest absolute Gasteiger partial charge is 0.492 e. The molecule has 0 N–H and O–H groups in total. The Labute approximate surface area is 667 Å². The molecule has 3 atom stereocenters. The molecule has 4 aromatic carbocycles. The third-order valence-electron chi connectivity index (χ3n) is 19.8. The number of ether oxygens (including phenoxy) is 3. The Morgan fingerprint density at radius 2 is 0.940 bits per heavy atom. The lowest BCUT2D eigenvalue weighted by Gasteiger charge is -2.20. The Balaban J connectivity index is 0.000000144. The van der Waals surface area contributed by atoms with Crippen LogP contribution >= 0.6 is 0 Å². The highest BCUT2D eigenvalue weighted by Gasteiger charge is 2.56. The van der Waals surface area contributed by atoms with Gasteiger partial charge >= 0.3 is 39.9 Å². The molecule has 568 valence electrons. The SMILES string of the molecule is CC(=O)/C=C/c1cc2cc3c(cc2oc1=O)C#CCC/C=C\3.CCOC(=O)C1C2CCC#Cc3cc4oc(=O)c(/C=C/C(C)=O)cc4cc3C21.[C-]#[N+]/C(C#N)=C1\OC(C)(C)C(/C=C/c2cc3cc4c(cc3oc2=O)C#CCC/C=C\4)=C1C#N.[C-]#[N+]/C(C#N)=C1\OC(C)(C)C(/C=C/c2cc3cc4c(cc3oc2=O)C#CCCCC4)=C1C#N. The molecule has 20 nitrogen and oxygen atoms in total. The minimum absolute atomic E-state index is 0.0371. The van der Waals surface area contributed by atoms with Gasteiger partial charge in [-0.25, -0.2) is 39.4 Å². The van der Waals surface area contributed by atoms with Gasteiger partial charge in [-0.2, -0.15) is 10.5 Å². The number of allylic oxidation sites excluding steroid dienone is 8. The van der Waals surface area contributed by atoms with E-state index in [4.69, 9.17) is 45.0 Å². The highest BCUT2D eigenvalue weighted by atomic mass is 16.5. The van der Waals surface area contributed by atoms with Crippen molar-refractivity contribution in [1.29, 1.82) is 21.0 Å². The molecule has 6 heterocycles. The summed E-state index contributed by atoms with van der Waals surface area (Å²) < 4.78 is 38.7. The number of nitriles is 4. The van der Waals surface area contributed by atoms with Gasteiger partial charge in [-0.15, -0.1) is 0 Å². The van der Waals surface area contributed by atoms with Gasteiger partial charge in [0, 0.05) is 86.5 Å². The van der Waals surface area contributed by atoms with Gasteiger partial charge in [0.05, 0.1) is 71.2 Å².